The van der Waals surface area contributed by atoms with Gasteiger partial charge in [0.05, 0.1) is 0 Å². The number of carbonyl (C=O) groups is 1. The summed E-state index contributed by atoms with van der Waals surface area (Å²) in [4.78, 5) is 11.4. The lowest BCUT2D eigenvalue weighted by Gasteiger charge is -2.10. The standard InChI is InChI=1S/C9H20N2OS/c1-8(4-3-5-10)9(12)11-6-7-13-2/h8H,3-7,10H2,1-2H3,(H,11,12). The van der Waals surface area contributed by atoms with Crippen LogP contribution in [0.3, 0.4) is 0 Å². The summed E-state index contributed by atoms with van der Waals surface area (Å²) in [5.74, 6) is 1.24. The summed E-state index contributed by atoms with van der Waals surface area (Å²) < 4.78 is 0. The third-order valence-corrected chi connectivity index (χ3v) is 2.51. The fourth-order valence-corrected chi connectivity index (χ4v) is 1.31. The van der Waals surface area contributed by atoms with E-state index in [4.69, 9.17) is 5.73 Å². The molecule has 1 atom stereocenters. The molecule has 0 saturated heterocycles. The zero-order chi connectivity index (χ0) is 10.1. The Hall–Kier alpha value is -0.220. The third-order valence-electron chi connectivity index (χ3n) is 1.89. The van der Waals surface area contributed by atoms with Crippen LogP contribution in [0.4, 0.5) is 0 Å². The van der Waals surface area contributed by atoms with Crippen molar-refractivity contribution >= 4 is 17.7 Å². The molecule has 0 saturated carbocycles. The van der Waals surface area contributed by atoms with Crippen LogP contribution in [0.1, 0.15) is 19.8 Å². The molecule has 0 spiro atoms. The second-order valence-electron chi connectivity index (χ2n) is 3.12. The molecular weight excluding hydrogens is 184 g/mol. The first-order chi connectivity index (χ1) is 6.22. The van der Waals surface area contributed by atoms with E-state index in [1.54, 1.807) is 11.8 Å². The smallest absolute Gasteiger partial charge is 0.222 e. The van der Waals surface area contributed by atoms with E-state index in [1.807, 2.05) is 13.2 Å². The molecule has 0 aromatic rings. The summed E-state index contributed by atoms with van der Waals surface area (Å²) in [6.07, 6.45) is 3.85. The van der Waals surface area contributed by atoms with Crippen LogP contribution in [0.5, 0.6) is 0 Å². The number of nitrogens with one attached hydrogen (secondary N) is 1. The van der Waals surface area contributed by atoms with Crippen LogP contribution in [0.2, 0.25) is 0 Å². The first-order valence-corrected chi connectivity index (χ1v) is 6.08. The number of nitrogens with two attached hydrogens (primary N) is 1. The molecule has 3 N–H and O–H groups in total. The molecule has 0 radical (unpaired) electrons. The van der Waals surface area contributed by atoms with Crippen molar-refractivity contribution < 1.29 is 4.79 Å². The lowest BCUT2D eigenvalue weighted by Crippen LogP contribution is -2.31. The van der Waals surface area contributed by atoms with Gasteiger partial charge in [-0.3, -0.25) is 4.79 Å². The highest BCUT2D eigenvalue weighted by Crippen LogP contribution is 2.04. The Bertz CT molecular complexity index is 142. The minimum atomic E-state index is 0.102. The molecule has 0 aliphatic heterocycles. The van der Waals surface area contributed by atoms with Crippen LogP contribution in [0, 0.1) is 5.92 Å². The molecule has 4 heteroatoms. The van der Waals surface area contributed by atoms with Crippen molar-refractivity contribution in [2.75, 3.05) is 25.1 Å². The van der Waals surface area contributed by atoms with Crippen molar-refractivity contribution in [3.8, 4) is 0 Å². The lowest BCUT2D eigenvalue weighted by atomic mass is 10.1. The second-order valence-corrected chi connectivity index (χ2v) is 4.10. The SMILES string of the molecule is CSCCNC(=O)C(C)CCCN. The van der Waals surface area contributed by atoms with Gasteiger partial charge in [0, 0.05) is 18.2 Å². The van der Waals surface area contributed by atoms with E-state index in [9.17, 15) is 4.79 Å². The van der Waals surface area contributed by atoms with Gasteiger partial charge >= 0.3 is 0 Å². The topological polar surface area (TPSA) is 55.1 Å². The number of carbonyl (C=O) groups excluding carboxylic acids is 1. The summed E-state index contributed by atoms with van der Waals surface area (Å²) in [7, 11) is 0. The Labute approximate surface area is 84.8 Å². The van der Waals surface area contributed by atoms with E-state index in [2.05, 4.69) is 5.32 Å². The van der Waals surface area contributed by atoms with E-state index >= 15 is 0 Å². The average Bonchev–Trinajstić information content (AvgIpc) is 2.14. The van der Waals surface area contributed by atoms with Gasteiger partial charge in [-0.25, -0.2) is 0 Å². The van der Waals surface area contributed by atoms with Crippen LogP contribution < -0.4 is 11.1 Å². The van der Waals surface area contributed by atoms with Crippen molar-refractivity contribution in [3.05, 3.63) is 0 Å². The highest BCUT2D eigenvalue weighted by Gasteiger charge is 2.10. The Morgan fingerprint density at radius 1 is 1.62 bits per heavy atom. The molecule has 3 nitrogen and oxygen atoms in total. The van der Waals surface area contributed by atoms with Gasteiger partial charge in [-0.15, -0.1) is 0 Å². The van der Waals surface area contributed by atoms with Crippen molar-refractivity contribution in [1.82, 2.24) is 5.32 Å². The largest absolute Gasteiger partial charge is 0.355 e. The quantitative estimate of drug-likeness (QED) is 0.604. The van der Waals surface area contributed by atoms with Gasteiger partial charge < -0.3 is 11.1 Å². The minimum absolute atomic E-state index is 0.102. The second kappa shape index (κ2) is 8.38. The number of hydrogen-bond donors (Lipinski definition) is 2. The maximum absolute atomic E-state index is 11.4. The number of thioether (sulfide) groups is 1. The predicted molar refractivity (Wildman–Crippen MR) is 58.8 cm³/mol. The molecule has 0 heterocycles. The summed E-state index contributed by atoms with van der Waals surface area (Å²) in [6, 6.07) is 0. The Kier molecular flexibility index (Phi) is 8.24. The average molecular weight is 204 g/mol. The molecule has 0 rings (SSSR count). The Morgan fingerprint density at radius 2 is 2.31 bits per heavy atom. The van der Waals surface area contributed by atoms with Crippen molar-refractivity contribution in [2.24, 2.45) is 11.7 Å². The molecule has 0 aliphatic rings. The minimum Gasteiger partial charge on any atom is -0.355 e. The summed E-state index contributed by atoms with van der Waals surface area (Å²) in [5.41, 5.74) is 5.36. The summed E-state index contributed by atoms with van der Waals surface area (Å²) >= 11 is 1.74. The zero-order valence-electron chi connectivity index (χ0n) is 8.51. The normalized spacial score (nSPS) is 12.5. The number of hydrogen-bond acceptors (Lipinski definition) is 3. The number of rotatable bonds is 7. The third kappa shape index (κ3) is 6.90. The molecule has 0 aromatic carbocycles. The van der Waals surface area contributed by atoms with Gasteiger partial charge in [-0.1, -0.05) is 6.92 Å². The summed E-state index contributed by atoms with van der Waals surface area (Å²) in [6.45, 7) is 3.39. The zero-order valence-corrected chi connectivity index (χ0v) is 9.32. The maximum atomic E-state index is 11.4. The first-order valence-electron chi connectivity index (χ1n) is 4.69. The van der Waals surface area contributed by atoms with E-state index in [0.29, 0.717) is 6.54 Å². The maximum Gasteiger partial charge on any atom is 0.222 e. The van der Waals surface area contributed by atoms with Crippen molar-refractivity contribution in [2.45, 2.75) is 19.8 Å². The van der Waals surface area contributed by atoms with E-state index in [-0.39, 0.29) is 11.8 Å². The molecule has 0 aromatic heterocycles. The summed E-state index contributed by atoms with van der Waals surface area (Å²) in [5, 5.41) is 2.89. The van der Waals surface area contributed by atoms with Gasteiger partial charge in [0.25, 0.3) is 0 Å². The van der Waals surface area contributed by atoms with Gasteiger partial charge in [0.2, 0.25) is 5.91 Å². The van der Waals surface area contributed by atoms with E-state index in [1.165, 1.54) is 0 Å². The number of amides is 1. The van der Waals surface area contributed by atoms with Crippen LogP contribution in [0.25, 0.3) is 0 Å². The molecule has 13 heavy (non-hydrogen) atoms. The fraction of sp³-hybridized carbons (Fsp3) is 0.889. The molecule has 0 bridgehead atoms. The van der Waals surface area contributed by atoms with Gasteiger partial charge in [0.1, 0.15) is 0 Å². The molecule has 78 valence electrons. The molecule has 1 amide bonds. The van der Waals surface area contributed by atoms with Gasteiger partial charge in [-0.05, 0) is 25.6 Å². The van der Waals surface area contributed by atoms with Crippen LogP contribution in [-0.2, 0) is 4.79 Å². The van der Waals surface area contributed by atoms with Crippen LogP contribution >= 0.6 is 11.8 Å². The molecular formula is C9H20N2OS. The molecule has 0 aliphatic carbocycles. The molecule has 0 fully saturated rings. The van der Waals surface area contributed by atoms with Crippen molar-refractivity contribution in [1.29, 1.82) is 0 Å². The lowest BCUT2D eigenvalue weighted by molar-refractivity contribution is -0.124. The van der Waals surface area contributed by atoms with Crippen LogP contribution in [0.15, 0.2) is 0 Å². The van der Waals surface area contributed by atoms with E-state index in [0.717, 1.165) is 25.1 Å². The highest BCUT2D eigenvalue weighted by molar-refractivity contribution is 7.98. The van der Waals surface area contributed by atoms with Gasteiger partial charge in [-0.2, -0.15) is 11.8 Å². The monoisotopic (exact) mass is 204 g/mol. The predicted octanol–water partition coefficient (Wildman–Crippen LogP) is 0.841. The fourth-order valence-electron chi connectivity index (χ4n) is 1.01. The first kappa shape index (κ1) is 12.8. The highest BCUT2D eigenvalue weighted by atomic mass is 32.2. The van der Waals surface area contributed by atoms with E-state index < -0.39 is 0 Å². The Morgan fingerprint density at radius 3 is 2.85 bits per heavy atom. The van der Waals surface area contributed by atoms with Crippen LogP contribution in [-0.4, -0.2) is 31.0 Å². The Balaban J connectivity index is 3.45. The molecule has 1 unspecified atom stereocenters. The van der Waals surface area contributed by atoms with Gasteiger partial charge in [0.15, 0.2) is 0 Å². The van der Waals surface area contributed by atoms with Crippen molar-refractivity contribution in [3.63, 3.8) is 0 Å².